The minimum absolute atomic E-state index is 0.219. The molecule has 0 spiro atoms. The Labute approximate surface area is 156 Å². The summed E-state index contributed by atoms with van der Waals surface area (Å²) in [6.45, 7) is 1.92. The Morgan fingerprint density at radius 1 is 1.24 bits per heavy atom. The maximum Gasteiger partial charge on any atom is 0.250 e. The van der Waals surface area contributed by atoms with Crippen LogP contribution < -0.4 is 15.5 Å². The second-order valence-corrected chi connectivity index (χ2v) is 6.44. The van der Waals surface area contributed by atoms with Crippen LogP contribution in [0.1, 0.15) is 18.6 Å². The number of furan rings is 1. The zero-order valence-electron chi connectivity index (χ0n) is 13.5. The van der Waals surface area contributed by atoms with Gasteiger partial charge in [-0.15, -0.1) is 0 Å². The lowest BCUT2D eigenvalue weighted by Crippen LogP contribution is -2.33. The van der Waals surface area contributed by atoms with Crippen molar-refractivity contribution in [1.82, 2.24) is 5.32 Å². The van der Waals surface area contributed by atoms with Crippen molar-refractivity contribution < 1.29 is 9.21 Å². The zero-order chi connectivity index (χ0) is 17.6. The van der Waals surface area contributed by atoms with Gasteiger partial charge in [0.25, 0.3) is 0 Å². The van der Waals surface area contributed by atoms with Crippen molar-refractivity contribution in [2.45, 2.75) is 12.8 Å². The first-order chi connectivity index (χ1) is 12.1. The number of hydrogen-bond donors (Lipinski definition) is 2. The summed E-state index contributed by atoms with van der Waals surface area (Å²) < 4.78 is 5.13. The number of carbonyl (C=O) groups is 1. The number of nitrogens with zero attached hydrogens (tertiary/aromatic N) is 1. The molecule has 0 bridgehead atoms. The van der Waals surface area contributed by atoms with E-state index in [9.17, 15) is 4.79 Å². The summed E-state index contributed by atoms with van der Waals surface area (Å²) in [6.07, 6.45) is 6.77. The summed E-state index contributed by atoms with van der Waals surface area (Å²) in [7, 11) is 0. The fourth-order valence-corrected chi connectivity index (χ4v) is 3.23. The van der Waals surface area contributed by atoms with Crippen molar-refractivity contribution in [1.29, 1.82) is 0 Å². The molecule has 1 aliphatic heterocycles. The summed E-state index contributed by atoms with van der Waals surface area (Å²) >= 11 is 11.6. The molecule has 2 N–H and O–H groups in total. The molecule has 0 saturated carbocycles. The van der Waals surface area contributed by atoms with Crippen molar-refractivity contribution in [3.8, 4) is 0 Å². The fraction of sp³-hybridized carbons (Fsp3) is 0.222. The van der Waals surface area contributed by atoms with Crippen LogP contribution in [0.3, 0.4) is 0 Å². The van der Waals surface area contributed by atoms with Gasteiger partial charge < -0.3 is 14.6 Å². The van der Waals surface area contributed by atoms with Crippen LogP contribution in [-0.2, 0) is 4.79 Å². The van der Waals surface area contributed by atoms with E-state index in [1.54, 1.807) is 24.5 Å². The van der Waals surface area contributed by atoms with E-state index in [1.165, 1.54) is 6.08 Å². The van der Waals surface area contributed by atoms with Crippen LogP contribution in [0.25, 0.3) is 6.08 Å². The highest BCUT2D eigenvalue weighted by Gasteiger charge is 2.19. The molecule has 1 amide bonds. The van der Waals surface area contributed by atoms with E-state index < -0.39 is 0 Å². The Bertz CT molecular complexity index is 784. The number of benzene rings is 1. The number of hydrogen-bond acceptors (Lipinski definition) is 4. The first kappa shape index (κ1) is 17.5. The molecule has 0 radical (unpaired) electrons. The van der Waals surface area contributed by atoms with Gasteiger partial charge in [0, 0.05) is 19.2 Å². The van der Waals surface area contributed by atoms with Gasteiger partial charge >= 0.3 is 0 Å². The zero-order valence-corrected chi connectivity index (χ0v) is 15.1. The van der Waals surface area contributed by atoms with E-state index >= 15 is 0 Å². The second-order valence-electron chi connectivity index (χ2n) is 5.62. The van der Waals surface area contributed by atoms with E-state index in [0.29, 0.717) is 10.8 Å². The summed E-state index contributed by atoms with van der Waals surface area (Å²) in [5.74, 6) is 0.263. The second kappa shape index (κ2) is 8.18. The number of rotatable bonds is 4. The minimum Gasteiger partial charge on any atom is -0.465 e. The Balaban J connectivity index is 1.65. The molecule has 0 unspecified atom stereocenters. The quantitative estimate of drug-likeness (QED) is 0.623. The van der Waals surface area contributed by atoms with Crippen LogP contribution in [0.2, 0.25) is 5.02 Å². The first-order valence-corrected chi connectivity index (χ1v) is 8.79. The summed E-state index contributed by atoms with van der Waals surface area (Å²) in [4.78, 5) is 14.2. The van der Waals surface area contributed by atoms with Crippen LogP contribution in [0.4, 0.5) is 11.4 Å². The largest absolute Gasteiger partial charge is 0.465 e. The van der Waals surface area contributed by atoms with Gasteiger partial charge in [0.05, 0.1) is 22.7 Å². The minimum atomic E-state index is -0.335. The molecule has 0 atom stereocenters. The smallest absolute Gasteiger partial charge is 0.250 e. The molecular weight excluding hydrogens is 358 g/mol. The van der Waals surface area contributed by atoms with Crippen molar-refractivity contribution in [2.24, 2.45) is 0 Å². The van der Waals surface area contributed by atoms with Crippen molar-refractivity contribution >= 4 is 52.3 Å². The van der Waals surface area contributed by atoms with Gasteiger partial charge in [-0.1, -0.05) is 17.7 Å². The lowest BCUT2D eigenvalue weighted by atomic mass is 10.2. The third kappa shape index (κ3) is 4.61. The average molecular weight is 376 g/mol. The van der Waals surface area contributed by atoms with Crippen molar-refractivity contribution in [3.05, 3.63) is 53.5 Å². The monoisotopic (exact) mass is 375 g/mol. The van der Waals surface area contributed by atoms with Gasteiger partial charge in [-0.3, -0.25) is 10.1 Å². The molecule has 1 saturated heterocycles. The van der Waals surface area contributed by atoms with E-state index in [1.807, 2.05) is 18.2 Å². The summed E-state index contributed by atoms with van der Waals surface area (Å²) in [5, 5.41) is 6.57. The molecule has 1 aromatic heterocycles. The Kier molecular flexibility index (Phi) is 5.73. The molecule has 3 rings (SSSR count). The molecule has 130 valence electrons. The van der Waals surface area contributed by atoms with Crippen molar-refractivity contribution in [2.75, 3.05) is 23.3 Å². The van der Waals surface area contributed by atoms with Gasteiger partial charge in [0.15, 0.2) is 5.11 Å². The Morgan fingerprint density at radius 2 is 2.04 bits per heavy atom. The van der Waals surface area contributed by atoms with Crippen LogP contribution in [-0.4, -0.2) is 24.1 Å². The third-order valence-electron chi connectivity index (χ3n) is 3.84. The standard InChI is InChI=1S/C18H18ClN3O2S/c19-14-6-3-7-15(17(14)22-10-1-2-11-22)20-18(25)21-16(23)9-8-13-5-4-12-24-13/h3-9,12H,1-2,10-11H2,(H2,20,21,23,25). The highest BCUT2D eigenvalue weighted by Crippen LogP contribution is 2.35. The van der Waals surface area contributed by atoms with Crippen LogP contribution in [0.5, 0.6) is 0 Å². The summed E-state index contributed by atoms with van der Waals surface area (Å²) in [6, 6.07) is 9.12. The van der Waals surface area contributed by atoms with E-state index in [2.05, 4.69) is 15.5 Å². The van der Waals surface area contributed by atoms with Crippen LogP contribution in [0.15, 0.2) is 47.1 Å². The number of amides is 1. The predicted molar refractivity (Wildman–Crippen MR) is 105 cm³/mol. The number of thiocarbonyl (C=S) groups is 1. The third-order valence-corrected chi connectivity index (χ3v) is 4.35. The van der Waals surface area contributed by atoms with E-state index in [0.717, 1.165) is 37.3 Å². The molecule has 0 aliphatic carbocycles. The van der Waals surface area contributed by atoms with Crippen molar-refractivity contribution in [3.63, 3.8) is 0 Å². The fourth-order valence-electron chi connectivity index (χ4n) is 2.73. The Hall–Kier alpha value is -2.31. The predicted octanol–water partition coefficient (Wildman–Crippen LogP) is 4.06. The molecule has 5 nitrogen and oxygen atoms in total. The maximum absolute atomic E-state index is 11.9. The van der Waals surface area contributed by atoms with Crippen LogP contribution >= 0.6 is 23.8 Å². The number of anilines is 2. The lowest BCUT2D eigenvalue weighted by Gasteiger charge is -2.23. The Morgan fingerprint density at radius 3 is 2.76 bits per heavy atom. The lowest BCUT2D eigenvalue weighted by molar-refractivity contribution is -0.115. The van der Waals surface area contributed by atoms with Gasteiger partial charge in [0.2, 0.25) is 5.91 Å². The van der Waals surface area contributed by atoms with E-state index in [-0.39, 0.29) is 11.0 Å². The van der Waals surface area contributed by atoms with Gasteiger partial charge in [0.1, 0.15) is 5.76 Å². The molecule has 25 heavy (non-hydrogen) atoms. The number of carbonyl (C=O) groups excluding carboxylic acids is 1. The van der Waals surface area contributed by atoms with Gasteiger partial charge in [-0.25, -0.2) is 0 Å². The topological polar surface area (TPSA) is 57.5 Å². The molecule has 1 aliphatic rings. The van der Waals surface area contributed by atoms with Gasteiger partial charge in [-0.2, -0.15) is 0 Å². The molecule has 1 aromatic carbocycles. The molecule has 2 heterocycles. The molecule has 7 heteroatoms. The maximum atomic E-state index is 11.9. The molecular formula is C18H18ClN3O2S. The first-order valence-electron chi connectivity index (χ1n) is 8.00. The normalized spacial score (nSPS) is 14.0. The number of halogens is 1. The number of para-hydroxylation sites is 1. The van der Waals surface area contributed by atoms with Gasteiger partial charge in [-0.05, 0) is 55.4 Å². The SMILES string of the molecule is O=C(C=Cc1ccco1)NC(=S)Nc1cccc(Cl)c1N1CCCC1. The van der Waals surface area contributed by atoms with E-state index in [4.69, 9.17) is 28.2 Å². The number of nitrogens with one attached hydrogen (secondary N) is 2. The summed E-state index contributed by atoms with van der Waals surface area (Å²) in [5.41, 5.74) is 1.71. The van der Waals surface area contributed by atoms with Crippen LogP contribution in [0, 0.1) is 0 Å². The average Bonchev–Trinajstić information content (AvgIpc) is 3.27. The molecule has 1 fully saturated rings. The molecule has 2 aromatic rings. The highest BCUT2D eigenvalue weighted by atomic mass is 35.5. The highest BCUT2D eigenvalue weighted by molar-refractivity contribution is 7.80.